The number of rotatable bonds is 4. The predicted octanol–water partition coefficient (Wildman–Crippen LogP) is 3.80. The molecule has 0 saturated heterocycles. The summed E-state index contributed by atoms with van der Waals surface area (Å²) in [4.78, 5) is 11.9. The molecule has 3 N–H and O–H groups in total. The van der Waals surface area contributed by atoms with Gasteiger partial charge in [-0.1, -0.05) is 47.5 Å². The van der Waals surface area contributed by atoms with Gasteiger partial charge >= 0.3 is 0 Å². The number of nitrogens with one attached hydrogen (secondary N) is 1. The molecule has 0 spiro atoms. The third kappa shape index (κ3) is 3.75. The van der Waals surface area contributed by atoms with E-state index in [1.165, 1.54) is 5.56 Å². The lowest BCUT2D eigenvalue weighted by molar-refractivity contribution is -0.116. The highest BCUT2D eigenvalue weighted by atomic mass is 35.5. The molecule has 0 bridgehead atoms. The fourth-order valence-electron chi connectivity index (χ4n) is 2.00. The minimum Gasteiger partial charge on any atom is -0.397 e. The highest BCUT2D eigenvalue weighted by Crippen LogP contribution is 2.27. The fraction of sp³-hybridized carbons (Fsp3) is 0.188. The number of para-hydroxylation sites is 1. The van der Waals surface area contributed by atoms with Crippen LogP contribution >= 0.6 is 11.6 Å². The number of anilines is 2. The molecule has 3 nitrogen and oxygen atoms in total. The van der Waals surface area contributed by atoms with Crippen molar-refractivity contribution in [3.63, 3.8) is 0 Å². The number of amides is 1. The number of nitrogen functional groups attached to an aromatic ring is 1. The first-order valence-electron chi connectivity index (χ1n) is 6.45. The molecule has 2 aromatic rings. The molecule has 1 amide bonds. The molecule has 0 saturated carbocycles. The summed E-state index contributed by atoms with van der Waals surface area (Å²) in [6, 6.07) is 13.3. The van der Waals surface area contributed by atoms with E-state index in [0.717, 1.165) is 5.56 Å². The molecule has 0 heterocycles. The van der Waals surface area contributed by atoms with Gasteiger partial charge < -0.3 is 11.1 Å². The number of nitrogens with two attached hydrogens (primary N) is 1. The fourth-order valence-corrected chi connectivity index (χ4v) is 2.23. The van der Waals surface area contributed by atoms with Crippen molar-refractivity contribution in [2.75, 3.05) is 11.1 Å². The minimum atomic E-state index is -0.0914. The lowest BCUT2D eigenvalue weighted by Gasteiger charge is -2.10. The summed E-state index contributed by atoms with van der Waals surface area (Å²) in [6.45, 7) is 2.04. The van der Waals surface area contributed by atoms with Gasteiger partial charge in [-0.25, -0.2) is 0 Å². The molecule has 0 unspecified atom stereocenters. The van der Waals surface area contributed by atoms with Crippen molar-refractivity contribution in [1.29, 1.82) is 0 Å². The Hall–Kier alpha value is -2.00. The summed E-state index contributed by atoms with van der Waals surface area (Å²) in [7, 11) is 0. The van der Waals surface area contributed by atoms with Crippen molar-refractivity contribution >= 4 is 28.9 Å². The summed E-state index contributed by atoms with van der Waals surface area (Å²) in [6.07, 6.45) is 1.09. The number of benzene rings is 2. The third-order valence-corrected chi connectivity index (χ3v) is 3.35. The smallest absolute Gasteiger partial charge is 0.224 e. The largest absolute Gasteiger partial charge is 0.397 e. The zero-order chi connectivity index (χ0) is 14.5. The Labute approximate surface area is 123 Å². The molecule has 0 radical (unpaired) electrons. The van der Waals surface area contributed by atoms with E-state index in [9.17, 15) is 4.79 Å². The van der Waals surface area contributed by atoms with E-state index in [-0.39, 0.29) is 5.91 Å². The van der Waals surface area contributed by atoms with Gasteiger partial charge in [0.1, 0.15) is 0 Å². The van der Waals surface area contributed by atoms with Gasteiger partial charge in [0.2, 0.25) is 5.91 Å². The number of carbonyl (C=O) groups excluding carboxylic acids is 1. The van der Waals surface area contributed by atoms with Crippen molar-refractivity contribution in [3.05, 3.63) is 58.6 Å². The van der Waals surface area contributed by atoms with Crippen LogP contribution < -0.4 is 11.1 Å². The molecule has 20 heavy (non-hydrogen) atoms. The first kappa shape index (κ1) is 14.4. The summed E-state index contributed by atoms with van der Waals surface area (Å²) in [5, 5.41) is 3.22. The van der Waals surface area contributed by atoms with E-state index in [2.05, 4.69) is 11.4 Å². The van der Waals surface area contributed by atoms with E-state index in [1.807, 2.05) is 25.1 Å². The SMILES string of the molecule is Cc1cccc(CCC(=O)Nc2c(N)cccc2Cl)c1. The molecule has 0 aliphatic rings. The van der Waals surface area contributed by atoms with Crippen LogP contribution in [0, 0.1) is 6.92 Å². The highest BCUT2D eigenvalue weighted by molar-refractivity contribution is 6.34. The van der Waals surface area contributed by atoms with Gasteiger partial charge in [0.15, 0.2) is 0 Å². The van der Waals surface area contributed by atoms with Gasteiger partial charge in [0.25, 0.3) is 0 Å². The summed E-state index contributed by atoms with van der Waals surface area (Å²) in [5.41, 5.74) is 9.10. The Bertz CT molecular complexity index is 605. The van der Waals surface area contributed by atoms with Crippen LogP contribution in [-0.2, 0) is 11.2 Å². The molecule has 0 atom stereocenters. The van der Waals surface area contributed by atoms with Crippen LogP contribution in [0.2, 0.25) is 5.02 Å². The van der Waals surface area contributed by atoms with Crippen LogP contribution in [0.4, 0.5) is 11.4 Å². The lowest BCUT2D eigenvalue weighted by atomic mass is 10.1. The average molecular weight is 289 g/mol. The average Bonchev–Trinajstić information content (AvgIpc) is 2.41. The predicted molar refractivity (Wildman–Crippen MR) is 84.0 cm³/mol. The van der Waals surface area contributed by atoms with Crippen molar-refractivity contribution < 1.29 is 4.79 Å². The molecule has 0 fully saturated rings. The molecular formula is C16H17ClN2O. The Morgan fingerprint density at radius 3 is 2.70 bits per heavy atom. The van der Waals surface area contributed by atoms with E-state index in [0.29, 0.717) is 29.2 Å². The molecule has 2 aromatic carbocycles. The first-order chi connectivity index (χ1) is 9.56. The second-order valence-corrected chi connectivity index (χ2v) is 5.15. The lowest BCUT2D eigenvalue weighted by Crippen LogP contribution is -2.14. The Kier molecular flexibility index (Phi) is 4.64. The van der Waals surface area contributed by atoms with Crippen LogP contribution in [0.1, 0.15) is 17.5 Å². The number of hydrogen-bond donors (Lipinski definition) is 2. The van der Waals surface area contributed by atoms with Crippen LogP contribution in [0.5, 0.6) is 0 Å². The van der Waals surface area contributed by atoms with Gasteiger partial charge in [-0.05, 0) is 31.0 Å². The standard InChI is InChI=1S/C16H17ClN2O/c1-11-4-2-5-12(10-11)8-9-15(20)19-16-13(17)6-3-7-14(16)18/h2-7,10H,8-9,18H2,1H3,(H,19,20). The number of carbonyl (C=O) groups is 1. The van der Waals surface area contributed by atoms with Gasteiger partial charge in [-0.15, -0.1) is 0 Å². The molecule has 4 heteroatoms. The quantitative estimate of drug-likeness (QED) is 0.841. The monoisotopic (exact) mass is 288 g/mol. The van der Waals surface area contributed by atoms with Gasteiger partial charge in [0, 0.05) is 6.42 Å². The van der Waals surface area contributed by atoms with Gasteiger partial charge in [-0.3, -0.25) is 4.79 Å². The number of hydrogen-bond acceptors (Lipinski definition) is 2. The molecule has 2 rings (SSSR count). The van der Waals surface area contributed by atoms with E-state index in [4.69, 9.17) is 17.3 Å². The van der Waals surface area contributed by atoms with E-state index >= 15 is 0 Å². The van der Waals surface area contributed by atoms with E-state index in [1.54, 1.807) is 18.2 Å². The normalized spacial score (nSPS) is 10.3. The molecular weight excluding hydrogens is 272 g/mol. The van der Waals surface area contributed by atoms with Crippen molar-refractivity contribution in [3.8, 4) is 0 Å². The topological polar surface area (TPSA) is 55.1 Å². The van der Waals surface area contributed by atoms with Crippen molar-refractivity contribution in [2.24, 2.45) is 0 Å². The van der Waals surface area contributed by atoms with Crippen LogP contribution in [-0.4, -0.2) is 5.91 Å². The Balaban J connectivity index is 1.96. The molecule has 0 aliphatic heterocycles. The molecule has 0 aliphatic carbocycles. The first-order valence-corrected chi connectivity index (χ1v) is 6.83. The van der Waals surface area contributed by atoms with Crippen molar-refractivity contribution in [2.45, 2.75) is 19.8 Å². The maximum atomic E-state index is 11.9. The van der Waals surface area contributed by atoms with E-state index < -0.39 is 0 Å². The zero-order valence-corrected chi connectivity index (χ0v) is 12.1. The van der Waals surface area contributed by atoms with Gasteiger partial charge in [0.05, 0.1) is 16.4 Å². The Morgan fingerprint density at radius 1 is 1.25 bits per heavy atom. The highest BCUT2D eigenvalue weighted by Gasteiger charge is 2.09. The van der Waals surface area contributed by atoms with Crippen LogP contribution in [0.3, 0.4) is 0 Å². The maximum Gasteiger partial charge on any atom is 0.224 e. The second-order valence-electron chi connectivity index (χ2n) is 4.74. The third-order valence-electron chi connectivity index (χ3n) is 3.03. The number of aryl methyl sites for hydroxylation is 2. The second kappa shape index (κ2) is 6.44. The Morgan fingerprint density at radius 2 is 2.00 bits per heavy atom. The molecule has 104 valence electrons. The van der Waals surface area contributed by atoms with Crippen LogP contribution in [0.25, 0.3) is 0 Å². The zero-order valence-electron chi connectivity index (χ0n) is 11.3. The maximum absolute atomic E-state index is 11.9. The van der Waals surface area contributed by atoms with Gasteiger partial charge in [-0.2, -0.15) is 0 Å². The van der Waals surface area contributed by atoms with Crippen molar-refractivity contribution in [1.82, 2.24) is 0 Å². The minimum absolute atomic E-state index is 0.0914. The summed E-state index contributed by atoms with van der Waals surface area (Å²) >= 11 is 6.02. The number of halogens is 1. The summed E-state index contributed by atoms with van der Waals surface area (Å²) in [5.74, 6) is -0.0914. The summed E-state index contributed by atoms with van der Waals surface area (Å²) < 4.78 is 0. The van der Waals surface area contributed by atoms with Crippen LogP contribution in [0.15, 0.2) is 42.5 Å². The molecule has 0 aromatic heterocycles.